The monoisotopic (exact) mass is 368 g/mol. The number of carbonyl (C=O) groups is 2. The van der Waals surface area contributed by atoms with Crippen LogP contribution in [0.25, 0.3) is 0 Å². The Labute approximate surface area is 154 Å². The predicted octanol–water partition coefficient (Wildman–Crippen LogP) is 2.95. The van der Waals surface area contributed by atoms with E-state index in [0.29, 0.717) is 17.1 Å². The van der Waals surface area contributed by atoms with Crippen LogP contribution in [-0.2, 0) is 11.4 Å². The Hall–Kier alpha value is -3.61. The summed E-state index contributed by atoms with van der Waals surface area (Å²) < 4.78 is 23.8. The van der Waals surface area contributed by atoms with Crippen LogP contribution in [0.4, 0.5) is 4.39 Å². The molecule has 1 aromatic heterocycles. The van der Waals surface area contributed by atoms with Gasteiger partial charge in [-0.25, -0.2) is 4.39 Å². The maximum absolute atomic E-state index is 12.9. The molecule has 0 radical (unpaired) electrons. The Morgan fingerprint density at radius 3 is 2.41 bits per heavy atom. The molecular weight excluding hydrogens is 351 g/mol. The summed E-state index contributed by atoms with van der Waals surface area (Å²) in [7, 11) is 0. The molecular formula is C20H17FN2O4. The van der Waals surface area contributed by atoms with E-state index in [1.165, 1.54) is 30.3 Å². The Kier molecular flexibility index (Phi) is 5.51. The van der Waals surface area contributed by atoms with Gasteiger partial charge in [-0.1, -0.05) is 30.3 Å². The van der Waals surface area contributed by atoms with Gasteiger partial charge in [-0.3, -0.25) is 9.59 Å². The van der Waals surface area contributed by atoms with Crippen molar-refractivity contribution >= 4 is 11.8 Å². The van der Waals surface area contributed by atoms with Crippen molar-refractivity contribution in [3.05, 3.63) is 89.6 Å². The van der Waals surface area contributed by atoms with E-state index < -0.39 is 17.9 Å². The third-order valence-electron chi connectivity index (χ3n) is 3.77. The van der Waals surface area contributed by atoms with Crippen LogP contribution in [0.15, 0.2) is 71.1 Å². The predicted molar refractivity (Wildman–Crippen MR) is 95.3 cm³/mol. The number of ether oxygens (including phenoxy) is 1. The molecule has 0 saturated carbocycles. The average Bonchev–Trinajstić information content (AvgIpc) is 3.15. The van der Waals surface area contributed by atoms with E-state index in [0.717, 1.165) is 0 Å². The Bertz CT molecular complexity index is 923. The zero-order valence-electron chi connectivity index (χ0n) is 14.2. The zero-order valence-corrected chi connectivity index (χ0v) is 14.2. The molecule has 0 aliphatic rings. The fourth-order valence-corrected chi connectivity index (χ4v) is 2.43. The van der Waals surface area contributed by atoms with Crippen LogP contribution < -0.4 is 15.8 Å². The molecule has 6 nitrogen and oxygen atoms in total. The minimum Gasteiger partial charge on any atom is -0.486 e. The van der Waals surface area contributed by atoms with Gasteiger partial charge < -0.3 is 20.2 Å². The quantitative estimate of drug-likeness (QED) is 0.670. The van der Waals surface area contributed by atoms with Crippen LogP contribution in [0, 0.1) is 5.82 Å². The van der Waals surface area contributed by atoms with Crippen LogP contribution in [0.1, 0.15) is 27.9 Å². The van der Waals surface area contributed by atoms with Crippen LogP contribution in [0.2, 0.25) is 0 Å². The number of nitrogens with one attached hydrogen (secondary N) is 1. The van der Waals surface area contributed by atoms with Gasteiger partial charge in [0.1, 0.15) is 30.0 Å². The molecule has 138 valence electrons. The Balaban J connectivity index is 1.63. The molecule has 3 aromatic rings. The lowest BCUT2D eigenvalue weighted by molar-refractivity contribution is -0.120. The van der Waals surface area contributed by atoms with Crippen molar-refractivity contribution in [1.29, 1.82) is 0 Å². The molecule has 0 saturated heterocycles. The number of primary amides is 1. The molecule has 7 heteroatoms. The van der Waals surface area contributed by atoms with Crippen molar-refractivity contribution in [3.63, 3.8) is 0 Å². The molecule has 27 heavy (non-hydrogen) atoms. The first kappa shape index (κ1) is 18.2. The van der Waals surface area contributed by atoms with E-state index in [1.54, 1.807) is 36.4 Å². The highest BCUT2D eigenvalue weighted by Gasteiger charge is 2.22. The zero-order chi connectivity index (χ0) is 19.2. The fourth-order valence-electron chi connectivity index (χ4n) is 2.43. The highest BCUT2D eigenvalue weighted by Crippen LogP contribution is 2.17. The summed E-state index contributed by atoms with van der Waals surface area (Å²) in [6.07, 6.45) is 0. The first-order valence-electron chi connectivity index (χ1n) is 8.15. The molecule has 1 atom stereocenters. The van der Waals surface area contributed by atoms with Gasteiger partial charge in [0.05, 0.1) is 0 Å². The summed E-state index contributed by atoms with van der Waals surface area (Å²) in [4.78, 5) is 24.0. The molecule has 0 fully saturated rings. The first-order valence-corrected chi connectivity index (χ1v) is 8.15. The van der Waals surface area contributed by atoms with Gasteiger partial charge in [0, 0.05) is 0 Å². The molecule has 0 bridgehead atoms. The number of benzene rings is 2. The van der Waals surface area contributed by atoms with Crippen molar-refractivity contribution in [2.24, 2.45) is 5.73 Å². The topological polar surface area (TPSA) is 94.6 Å². The minimum absolute atomic E-state index is 0.0230. The van der Waals surface area contributed by atoms with Crippen LogP contribution in [0.3, 0.4) is 0 Å². The smallest absolute Gasteiger partial charge is 0.287 e. The van der Waals surface area contributed by atoms with E-state index in [9.17, 15) is 14.0 Å². The second-order valence-corrected chi connectivity index (χ2v) is 5.73. The second-order valence-electron chi connectivity index (χ2n) is 5.73. The van der Waals surface area contributed by atoms with Crippen molar-refractivity contribution < 1.29 is 23.1 Å². The van der Waals surface area contributed by atoms with E-state index in [2.05, 4.69) is 5.32 Å². The maximum atomic E-state index is 12.9. The van der Waals surface area contributed by atoms with Crippen molar-refractivity contribution in [2.75, 3.05) is 0 Å². The van der Waals surface area contributed by atoms with Crippen molar-refractivity contribution in [2.45, 2.75) is 12.6 Å². The number of rotatable bonds is 7. The lowest BCUT2D eigenvalue weighted by Crippen LogP contribution is -2.37. The van der Waals surface area contributed by atoms with Crippen molar-refractivity contribution in [1.82, 2.24) is 5.32 Å². The fraction of sp³-hybridized carbons (Fsp3) is 0.100. The molecule has 0 aliphatic heterocycles. The third-order valence-corrected chi connectivity index (χ3v) is 3.77. The molecule has 2 amide bonds. The number of nitrogens with two attached hydrogens (primary N) is 1. The van der Waals surface area contributed by atoms with E-state index >= 15 is 0 Å². The van der Waals surface area contributed by atoms with Gasteiger partial charge in [-0.15, -0.1) is 0 Å². The van der Waals surface area contributed by atoms with Gasteiger partial charge in [0.2, 0.25) is 5.91 Å². The molecule has 0 spiro atoms. The number of carbonyl (C=O) groups excluding carboxylic acids is 2. The minimum atomic E-state index is -0.970. The Morgan fingerprint density at radius 1 is 1.04 bits per heavy atom. The lowest BCUT2D eigenvalue weighted by atomic mass is 10.1. The number of hydrogen-bond acceptors (Lipinski definition) is 4. The standard InChI is InChI=1S/C20H17FN2O4/c21-14-6-8-15(9-7-14)26-12-16-10-11-17(27-16)20(25)23-18(19(22)24)13-4-2-1-3-5-13/h1-11,18H,12H2,(H2,22,24)(H,23,25)/t18-/m0/s1. The van der Waals surface area contributed by atoms with Crippen LogP contribution in [0.5, 0.6) is 5.75 Å². The lowest BCUT2D eigenvalue weighted by Gasteiger charge is -2.14. The highest BCUT2D eigenvalue weighted by atomic mass is 19.1. The second kappa shape index (κ2) is 8.18. The van der Waals surface area contributed by atoms with Gasteiger partial charge in [-0.2, -0.15) is 0 Å². The number of amides is 2. The van der Waals surface area contributed by atoms with Gasteiger partial charge in [0.25, 0.3) is 5.91 Å². The van der Waals surface area contributed by atoms with Crippen molar-refractivity contribution in [3.8, 4) is 5.75 Å². The molecule has 1 heterocycles. The van der Waals surface area contributed by atoms with E-state index in [1.807, 2.05) is 0 Å². The summed E-state index contributed by atoms with van der Waals surface area (Å²) in [5.74, 6) is -0.718. The molecule has 0 aliphatic carbocycles. The summed E-state index contributed by atoms with van der Waals surface area (Å²) in [5.41, 5.74) is 5.97. The maximum Gasteiger partial charge on any atom is 0.287 e. The first-order chi connectivity index (χ1) is 13.0. The summed E-state index contributed by atoms with van der Waals surface area (Å²) in [5, 5.41) is 2.55. The summed E-state index contributed by atoms with van der Waals surface area (Å²) in [6, 6.07) is 16.3. The average molecular weight is 368 g/mol. The molecule has 2 aromatic carbocycles. The van der Waals surface area contributed by atoms with Crippen LogP contribution in [-0.4, -0.2) is 11.8 Å². The van der Waals surface area contributed by atoms with Crippen LogP contribution >= 0.6 is 0 Å². The Morgan fingerprint density at radius 2 is 1.74 bits per heavy atom. The van der Waals surface area contributed by atoms with E-state index in [4.69, 9.17) is 14.9 Å². The summed E-state index contributed by atoms with van der Waals surface area (Å²) >= 11 is 0. The van der Waals surface area contributed by atoms with Gasteiger partial charge in [-0.05, 0) is 42.0 Å². The number of hydrogen-bond donors (Lipinski definition) is 2. The highest BCUT2D eigenvalue weighted by molar-refractivity contribution is 5.95. The third kappa shape index (κ3) is 4.72. The molecule has 3 N–H and O–H groups in total. The molecule has 3 rings (SSSR count). The summed E-state index contributed by atoms with van der Waals surface area (Å²) in [6.45, 7) is 0.0663. The normalized spacial score (nSPS) is 11.6. The van der Waals surface area contributed by atoms with Gasteiger partial charge >= 0.3 is 0 Å². The number of halogens is 1. The number of furan rings is 1. The van der Waals surface area contributed by atoms with E-state index in [-0.39, 0.29) is 18.2 Å². The van der Waals surface area contributed by atoms with Gasteiger partial charge in [0.15, 0.2) is 5.76 Å². The largest absolute Gasteiger partial charge is 0.486 e. The SMILES string of the molecule is NC(=O)[C@@H](NC(=O)c1ccc(COc2ccc(F)cc2)o1)c1ccccc1. The molecule has 0 unspecified atom stereocenters.